The standard InChI is InChI=1S/C13H18F3NO/c1-4-8(2)12(17)9-5-10(13(14,15)16)7-11(6-9)18-3/h5-8,12H,4,17H2,1-3H3/t8?,12-/m1/s1. The number of rotatable bonds is 4. The molecule has 0 aliphatic carbocycles. The van der Waals surface area contributed by atoms with Gasteiger partial charge in [0.1, 0.15) is 5.75 Å². The zero-order chi connectivity index (χ0) is 13.9. The SMILES string of the molecule is CCC(C)[C@@H](N)c1cc(OC)cc(C(F)(F)F)c1. The highest BCUT2D eigenvalue weighted by Crippen LogP contribution is 2.35. The topological polar surface area (TPSA) is 35.2 Å². The smallest absolute Gasteiger partial charge is 0.416 e. The van der Waals surface area contributed by atoms with Crippen LogP contribution in [-0.4, -0.2) is 7.11 Å². The highest BCUT2D eigenvalue weighted by Gasteiger charge is 2.32. The molecule has 2 atom stereocenters. The Balaban J connectivity index is 3.20. The van der Waals surface area contributed by atoms with Gasteiger partial charge in [0.25, 0.3) is 0 Å². The molecule has 0 amide bonds. The third kappa shape index (κ3) is 3.38. The molecule has 0 aromatic heterocycles. The Labute approximate surface area is 105 Å². The lowest BCUT2D eigenvalue weighted by molar-refractivity contribution is -0.137. The maximum atomic E-state index is 12.7. The number of hydrogen-bond acceptors (Lipinski definition) is 2. The molecule has 0 spiro atoms. The fourth-order valence-corrected chi connectivity index (χ4v) is 1.68. The number of ether oxygens (including phenoxy) is 1. The zero-order valence-electron chi connectivity index (χ0n) is 10.7. The number of methoxy groups -OCH3 is 1. The van der Waals surface area contributed by atoms with Gasteiger partial charge in [0, 0.05) is 6.04 Å². The number of benzene rings is 1. The third-order valence-corrected chi connectivity index (χ3v) is 3.13. The molecule has 5 heteroatoms. The summed E-state index contributed by atoms with van der Waals surface area (Å²) in [7, 11) is 1.34. The number of alkyl halides is 3. The van der Waals surface area contributed by atoms with E-state index in [1.807, 2.05) is 13.8 Å². The highest BCUT2D eigenvalue weighted by atomic mass is 19.4. The Kier molecular flexibility index (Phi) is 4.62. The maximum absolute atomic E-state index is 12.7. The average molecular weight is 261 g/mol. The lowest BCUT2D eigenvalue weighted by Crippen LogP contribution is -2.19. The molecule has 1 aromatic rings. The van der Waals surface area contributed by atoms with Gasteiger partial charge in [-0.1, -0.05) is 20.3 Å². The molecule has 0 aliphatic heterocycles. The lowest BCUT2D eigenvalue weighted by atomic mass is 9.92. The van der Waals surface area contributed by atoms with Crippen LogP contribution in [0.4, 0.5) is 13.2 Å². The molecule has 18 heavy (non-hydrogen) atoms. The molecule has 1 unspecified atom stereocenters. The molecule has 0 saturated heterocycles. The Hall–Kier alpha value is -1.23. The quantitative estimate of drug-likeness (QED) is 0.895. The first-order valence-electron chi connectivity index (χ1n) is 5.81. The third-order valence-electron chi connectivity index (χ3n) is 3.13. The lowest BCUT2D eigenvalue weighted by Gasteiger charge is -2.20. The maximum Gasteiger partial charge on any atom is 0.416 e. The molecule has 0 aliphatic rings. The van der Waals surface area contributed by atoms with Crippen LogP contribution in [0.3, 0.4) is 0 Å². The van der Waals surface area contributed by atoms with Crippen molar-refractivity contribution in [3.8, 4) is 5.75 Å². The minimum absolute atomic E-state index is 0.109. The Bertz CT molecular complexity index is 404. The van der Waals surface area contributed by atoms with Crippen LogP contribution in [-0.2, 0) is 6.18 Å². The first-order valence-corrected chi connectivity index (χ1v) is 5.81. The van der Waals surface area contributed by atoms with E-state index in [-0.39, 0.29) is 11.7 Å². The van der Waals surface area contributed by atoms with Gasteiger partial charge in [-0.15, -0.1) is 0 Å². The molecular formula is C13H18F3NO. The van der Waals surface area contributed by atoms with Crippen LogP contribution in [0.1, 0.15) is 37.4 Å². The number of nitrogens with two attached hydrogens (primary N) is 1. The van der Waals surface area contributed by atoms with Crippen molar-refractivity contribution in [3.05, 3.63) is 29.3 Å². The Morgan fingerprint density at radius 3 is 2.33 bits per heavy atom. The first kappa shape index (κ1) is 14.8. The summed E-state index contributed by atoms with van der Waals surface area (Å²) in [5.74, 6) is 0.289. The van der Waals surface area contributed by atoms with Gasteiger partial charge in [-0.25, -0.2) is 0 Å². The number of hydrogen-bond donors (Lipinski definition) is 1. The molecule has 0 heterocycles. The molecule has 0 fully saturated rings. The van der Waals surface area contributed by atoms with Gasteiger partial charge in [0.05, 0.1) is 12.7 Å². The van der Waals surface area contributed by atoms with Gasteiger partial charge in [0.15, 0.2) is 0 Å². The van der Waals surface area contributed by atoms with E-state index in [1.54, 1.807) is 6.07 Å². The zero-order valence-corrected chi connectivity index (χ0v) is 10.7. The molecule has 0 radical (unpaired) electrons. The predicted molar refractivity (Wildman–Crippen MR) is 64.4 cm³/mol. The van der Waals surface area contributed by atoms with Gasteiger partial charge in [-0.2, -0.15) is 13.2 Å². The largest absolute Gasteiger partial charge is 0.497 e. The summed E-state index contributed by atoms with van der Waals surface area (Å²) in [6, 6.07) is 3.21. The number of halogens is 3. The van der Waals surface area contributed by atoms with Crippen molar-refractivity contribution in [2.75, 3.05) is 7.11 Å². The van der Waals surface area contributed by atoms with Crippen molar-refractivity contribution in [1.82, 2.24) is 0 Å². The van der Waals surface area contributed by atoms with E-state index in [0.717, 1.165) is 18.6 Å². The van der Waals surface area contributed by atoms with Crippen molar-refractivity contribution < 1.29 is 17.9 Å². The molecule has 0 bridgehead atoms. The predicted octanol–water partition coefficient (Wildman–Crippen LogP) is 3.76. The van der Waals surface area contributed by atoms with E-state index < -0.39 is 17.8 Å². The average Bonchev–Trinajstić information content (AvgIpc) is 2.35. The van der Waals surface area contributed by atoms with Crippen molar-refractivity contribution in [3.63, 3.8) is 0 Å². The summed E-state index contributed by atoms with van der Waals surface area (Å²) in [6.45, 7) is 3.87. The first-order chi connectivity index (χ1) is 8.29. The second kappa shape index (κ2) is 5.61. The van der Waals surface area contributed by atoms with Crippen LogP contribution in [0.2, 0.25) is 0 Å². The molecule has 1 aromatic carbocycles. The van der Waals surface area contributed by atoms with Crippen molar-refractivity contribution in [1.29, 1.82) is 0 Å². The molecule has 102 valence electrons. The van der Waals surface area contributed by atoms with Crippen molar-refractivity contribution in [2.45, 2.75) is 32.5 Å². The van der Waals surface area contributed by atoms with E-state index in [1.165, 1.54) is 7.11 Å². The van der Waals surface area contributed by atoms with Crippen LogP contribution < -0.4 is 10.5 Å². The molecule has 1 rings (SSSR count). The van der Waals surface area contributed by atoms with Gasteiger partial charge >= 0.3 is 6.18 Å². The molecule has 2 N–H and O–H groups in total. The molecule has 0 saturated carbocycles. The van der Waals surface area contributed by atoms with Gasteiger partial charge < -0.3 is 10.5 Å². The minimum atomic E-state index is -4.39. The van der Waals surface area contributed by atoms with E-state index in [2.05, 4.69) is 0 Å². The Morgan fingerprint density at radius 1 is 1.28 bits per heavy atom. The van der Waals surface area contributed by atoms with Crippen LogP contribution in [0.25, 0.3) is 0 Å². The van der Waals surface area contributed by atoms with E-state index in [0.29, 0.717) is 5.56 Å². The van der Waals surface area contributed by atoms with Crippen LogP contribution in [0.5, 0.6) is 5.75 Å². The van der Waals surface area contributed by atoms with Crippen molar-refractivity contribution >= 4 is 0 Å². The fourth-order valence-electron chi connectivity index (χ4n) is 1.68. The normalized spacial score (nSPS) is 15.3. The summed E-state index contributed by atoms with van der Waals surface area (Å²) in [4.78, 5) is 0. The summed E-state index contributed by atoms with van der Waals surface area (Å²) in [6.07, 6.45) is -3.59. The minimum Gasteiger partial charge on any atom is -0.497 e. The summed E-state index contributed by atoms with van der Waals surface area (Å²) in [5, 5.41) is 0. The van der Waals surface area contributed by atoms with Gasteiger partial charge in [-0.05, 0) is 29.7 Å². The van der Waals surface area contributed by atoms with E-state index in [4.69, 9.17) is 10.5 Å². The summed E-state index contributed by atoms with van der Waals surface area (Å²) >= 11 is 0. The van der Waals surface area contributed by atoms with Crippen LogP contribution in [0.15, 0.2) is 18.2 Å². The van der Waals surface area contributed by atoms with Gasteiger partial charge in [-0.3, -0.25) is 0 Å². The second-order valence-corrected chi connectivity index (χ2v) is 4.40. The molecular weight excluding hydrogens is 243 g/mol. The van der Waals surface area contributed by atoms with Gasteiger partial charge in [0.2, 0.25) is 0 Å². The highest BCUT2D eigenvalue weighted by molar-refractivity contribution is 5.37. The Morgan fingerprint density at radius 2 is 1.89 bits per heavy atom. The van der Waals surface area contributed by atoms with Crippen molar-refractivity contribution in [2.24, 2.45) is 11.7 Å². The fraction of sp³-hybridized carbons (Fsp3) is 0.538. The van der Waals surface area contributed by atoms with E-state index >= 15 is 0 Å². The summed E-state index contributed by atoms with van der Waals surface area (Å²) in [5.41, 5.74) is 5.69. The molecule has 2 nitrogen and oxygen atoms in total. The second-order valence-electron chi connectivity index (χ2n) is 4.40. The summed E-state index contributed by atoms with van der Waals surface area (Å²) < 4.78 is 43.1. The van der Waals surface area contributed by atoms with Crippen LogP contribution in [0, 0.1) is 5.92 Å². The van der Waals surface area contributed by atoms with E-state index in [9.17, 15) is 13.2 Å². The van der Waals surface area contributed by atoms with Crippen LogP contribution >= 0.6 is 0 Å². The monoisotopic (exact) mass is 261 g/mol.